The Morgan fingerprint density at radius 2 is 1.02 bits per heavy atom. The van der Waals surface area contributed by atoms with Gasteiger partial charge >= 0.3 is 0 Å². The molecule has 53 heavy (non-hydrogen) atoms. The van der Waals surface area contributed by atoms with Crippen molar-refractivity contribution in [1.29, 1.82) is 0 Å². The van der Waals surface area contributed by atoms with Gasteiger partial charge in [-0.25, -0.2) is 0 Å². The van der Waals surface area contributed by atoms with Crippen molar-refractivity contribution in [2.45, 2.75) is 225 Å². The largest absolute Gasteiger partial charge is 0.393 e. The number of aliphatic hydroxyl groups is 5. The Morgan fingerprint density at radius 1 is 0.604 bits per heavy atom. The first-order valence-electron chi connectivity index (χ1n) is 21.3. The van der Waals surface area contributed by atoms with Crippen LogP contribution < -0.4 is 5.73 Å². The Labute approximate surface area is 326 Å². The maximum atomic E-state index is 10.6. The van der Waals surface area contributed by atoms with Gasteiger partial charge in [-0.15, -0.1) is 12.8 Å². The highest BCUT2D eigenvalue weighted by molar-refractivity contribution is 5.73. The maximum absolute atomic E-state index is 10.6. The molecule has 1 amide bonds. The molecule has 0 spiro atoms. The molecule has 0 saturated heterocycles. The number of carbonyl (C=O) groups is 1. The minimum atomic E-state index is -1.90. The van der Waals surface area contributed by atoms with Crippen LogP contribution in [0.25, 0.3) is 0 Å². The van der Waals surface area contributed by atoms with Gasteiger partial charge in [-0.3, -0.25) is 4.79 Å². The lowest BCUT2D eigenvalue weighted by molar-refractivity contribution is -0.313. The molecule has 314 valence electrons. The van der Waals surface area contributed by atoms with Crippen molar-refractivity contribution in [3.63, 3.8) is 0 Å². The van der Waals surface area contributed by atoms with Crippen molar-refractivity contribution >= 4 is 5.91 Å². The van der Waals surface area contributed by atoms with E-state index in [1.807, 2.05) is 0 Å². The van der Waals surface area contributed by atoms with Crippen LogP contribution in [0.15, 0.2) is 24.3 Å². The van der Waals surface area contributed by atoms with Crippen molar-refractivity contribution in [3.8, 4) is 12.8 Å². The van der Waals surface area contributed by atoms with Gasteiger partial charge in [0.25, 0.3) is 6.48 Å². The van der Waals surface area contributed by atoms with Crippen molar-refractivity contribution < 1.29 is 39.8 Å². The van der Waals surface area contributed by atoms with Gasteiger partial charge in [0, 0.05) is 6.42 Å². The number of unbranched alkanes of at least 4 members (excludes halogenated alkanes) is 22. The number of terminal acetylenes is 1. The third kappa shape index (κ3) is 50.2. The van der Waals surface area contributed by atoms with Gasteiger partial charge in [0.1, 0.15) is 6.10 Å². The standard InChI is InChI=1S/C22H46O7.C20H37NO.C2H2/c1-2-3-4-5-6-7-8-9-10-11-12-13-14-15-19(24)16-17-28-22(27)29-20(18-23)21(25)26;1-2-3-4-5-6-7-8-9-10-11-12-13-14-15-16-17-18-19-20(21)22;1-2/h19-27H,2-18H2,1H3;6-7,9-10H,2-5,8,11-19H2,1H3,(H2,21,22);1-2H/b;7-6-,10-9-;. The normalized spacial score (nSPS) is 13.1. The first-order chi connectivity index (χ1) is 25.8. The van der Waals surface area contributed by atoms with E-state index < -0.39 is 31.6 Å². The van der Waals surface area contributed by atoms with Crippen LogP contribution in [0.4, 0.5) is 0 Å². The Bertz CT molecular complexity index is 789. The van der Waals surface area contributed by atoms with Crippen LogP contribution in [0.2, 0.25) is 0 Å². The highest BCUT2D eigenvalue weighted by Gasteiger charge is 2.20. The molecule has 0 aromatic rings. The minimum Gasteiger partial charge on any atom is -0.393 e. The number of aliphatic hydroxyl groups excluding tert-OH is 4. The van der Waals surface area contributed by atoms with Crippen molar-refractivity contribution in [2.75, 3.05) is 13.2 Å². The highest BCUT2D eigenvalue weighted by atomic mass is 16.8. The SMILES string of the molecule is C#C.CCCCC/C=C\C/C=C\CCCCCCCCCC(N)=O.CCCCCCCCCCCCCCCC(O)CCOC(O)OC(CO)C(O)O. The Balaban J connectivity index is -0.000000932. The van der Waals surface area contributed by atoms with E-state index in [1.165, 1.54) is 135 Å². The summed E-state index contributed by atoms with van der Waals surface area (Å²) in [6, 6.07) is 0. The lowest BCUT2D eigenvalue weighted by atomic mass is 10.0. The number of hydrogen-bond donors (Lipinski definition) is 6. The van der Waals surface area contributed by atoms with Crippen LogP contribution in [0.3, 0.4) is 0 Å². The van der Waals surface area contributed by atoms with Crippen LogP contribution in [-0.4, -0.2) is 69.6 Å². The summed E-state index contributed by atoms with van der Waals surface area (Å²) >= 11 is 0. The summed E-state index contributed by atoms with van der Waals surface area (Å²) in [5.74, 6) is -0.164. The van der Waals surface area contributed by atoms with Crippen molar-refractivity contribution in [3.05, 3.63) is 24.3 Å². The predicted molar refractivity (Wildman–Crippen MR) is 221 cm³/mol. The lowest BCUT2D eigenvalue weighted by Gasteiger charge is -2.21. The molecule has 3 unspecified atom stereocenters. The van der Waals surface area contributed by atoms with Crippen LogP contribution in [0.1, 0.15) is 200 Å². The number of hydrogen-bond acceptors (Lipinski definition) is 8. The molecule has 9 heteroatoms. The van der Waals surface area contributed by atoms with Crippen molar-refractivity contribution in [1.82, 2.24) is 0 Å². The van der Waals surface area contributed by atoms with Gasteiger partial charge < -0.3 is 40.7 Å². The lowest BCUT2D eigenvalue weighted by Crippen LogP contribution is -2.36. The first kappa shape index (κ1) is 55.6. The van der Waals surface area contributed by atoms with Crippen LogP contribution >= 0.6 is 0 Å². The summed E-state index contributed by atoms with van der Waals surface area (Å²) in [4.78, 5) is 10.6. The second-order valence-electron chi connectivity index (χ2n) is 14.1. The topological polar surface area (TPSA) is 163 Å². The fourth-order valence-electron chi connectivity index (χ4n) is 5.71. The van der Waals surface area contributed by atoms with Gasteiger partial charge in [0.15, 0.2) is 6.29 Å². The molecule has 3 atom stereocenters. The van der Waals surface area contributed by atoms with Gasteiger partial charge in [0.05, 0.1) is 19.3 Å². The van der Waals surface area contributed by atoms with E-state index in [0.29, 0.717) is 19.3 Å². The summed E-state index contributed by atoms with van der Waals surface area (Å²) in [7, 11) is 0. The molecule has 0 saturated carbocycles. The Kier molecular flexibility index (Phi) is 50.6. The molecular formula is C44H85NO8. The van der Waals surface area contributed by atoms with Gasteiger partial charge in [-0.2, -0.15) is 0 Å². The van der Waals surface area contributed by atoms with E-state index in [-0.39, 0.29) is 12.5 Å². The monoisotopic (exact) mass is 756 g/mol. The molecule has 0 rings (SSSR count). The molecule has 0 radical (unpaired) electrons. The molecule has 0 aliphatic rings. The molecule has 0 aliphatic heterocycles. The molecule has 9 nitrogen and oxygen atoms in total. The van der Waals surface area contributed by atoms with Crippen LogP contribution in [-0.2, 0) is 14.3 Å². The fourth-order valence-corrected chi connectivity index (χ4v) is 5.71. The summed E-state index contributed by atoms with van der Waals surface area (Å²) < 4.78 is 9.68. The summed E-state index contributed by atoms with van der Waals surface area (Å²) in [6.07, 6.45) is 48.0. The quantitative estimate of drug-likeness (QED) is 0.0157. The molecule has 7 N–H and O–H groups in total. The van der Waals surface area contributed by atoms with Gasteiger partial charge in [-0.05, 0) is 51.4 Å². The Hall–Kier alpha value is -1.77. The number of carbonyl (C=O) groups excluding carboxylic acids is 1. The zero-order valence-electron chi connectivity index (χ0n) is 34.2. The molecule has 0 aliphatic carbocycles. The zero-order valence-corrected chi connectivity index (χ0v) is 34.2. The molecule has 0 fully saturated rings. The Morgan fingerprint density at radius 3 is 1.47 bits per heavy atom. The van der Waals surface area contributed by atoms with Crippen molar-refractivity contribution in [2.24, 2.45) is 5.73 Å². The number of amides is 1. The average Bonchev–Trinajstić information content (AvgIpc) is 3.14. The van der Waals surface area contributed by atoms with E-state index in [0.717, 1.165) is 32.1 Å². The van der Waals surface area contributed by atoms with E-state index in [1.54, 1.807) is 0 Å². The van der Waals surface area contributed by atoms with Crippen LogP contribution in [0.5, 0.6) is 0 Å². The molecular weight excluding hydrogens is 670 g/mol. The first-order valence-corrected chi connectivity index (χ1v) is 21.3. The van der Waals surface area contributed by atoms with E-state index in [2.05, 4.69) is 51.0 Å². The zero-order chi connectivity index (χ0) is 40.0. The van der Waals surface area contributed by atoms with Crippen LogP contribution in [0, 0.1) is 12.8 Å². The minimum absolute atomic E-state index is 0.0838. The number of ether oxygens (including phenoxy) is 2. The average molecular weight is 756 g/mol. The smallest absolute Gasteiger partial charge is 0.269 e. The third-order valence-corrected chi connectivity index (χ3v) is 9.03. The third-order valence-electron chi connectivity index (χ3n) is 9.03. The van der Waals surface area contributed by atoms with Gasteiger partial charge in [0.2, 0.25) is 5.91 Å². The molecule has 0 bridgehead atoms. The highest BCUT2D eigenvalue weighted by Crippen LogP contribution is 2.15. The number of rotatable bonds is 38. The number of primary amides is 1. The summed E-state index contributed by atoms with van der Waals surface area (Å²) in [5.41, 5.74) is 5.11. The maximum Gasteiger partial charge on any atom is 0.269 e. The predicted octanol–water partition coefficient (Wildman–Crippen LogP) is 9.51. The van der Waals surface area contributed by atoms with E-state index in [4.69, 9.17) is 30.5 Å². The number of nitrogens with two attached hydrogens (primary N) is 1. The fraction of sp³-hybridized carbons (Fsp3) is 0.841. The summed E-state index contributed by atoms with van der Waals surface area (Å²) in [6.45, 7) is 2.26. The second-order valence-corrected chi connectivity index (χ2v) is 14.1. The second kappa shape index (κ2) is 48.2. The molecule has 0 aromatic carbocycles. The van der Waals surface area contributed by atoms with E-state index >= 15 is 0 Å². The number of allylic oxidation sites excluding steroid dienone is 4. The summed E-state index contributed by atoms with van der Waals surface area (Å²) in [5, 5.41) is 46.0. The molecule has 0 aromatic heterocycles. The molecule has 0 heterocycles. The van der Waals surface area contributed by atoms with E-state index in [9.17, 15) is 15.0 Å². The van der Waals surface area contributed by atoms with Gasteiger partial charge in [-0.1, -0.05) is 167 Å².